The molecule has 14 nitrogen and oxygen atoms in total. The van der Waals surface area contributed by atoms with Gasteiger partial charge in [-0.2, -0.15) is 0 Å². The highest BCUT2D eigenvalue weighted by molar-refractivity contribution is 7.90. The lowest BCUT2D eigenvalue weighted by molar-refractivity contribution is -0.139. The van der Waals surface area contributed by atoms with Crippen LogP contribution in [0.1, 0.15) is 65.7 Å². The molecule has 0 bridgehead atoms. The fourth-order valence-electron chi connectivity index (χ4n) is 6.60. The van der Waals surface area contributed by atoms with Gasteiger partial charge in [0.2, 0.25) is 5.96 Å². The minimum absolute atomic E-state index is 0.0578. The molecule has 3 aromatic carbocycles. The molecule has 15 heteroatoms. The lowest BCUT2D eigenvalue weighted by Crippen LogP contribution is -2.43. The number of aliphatic carboxylic acids is 1. The maximum atomic E-state index is 13.6. The van der Waals surface area contributed by atoms with Gasteiger partial charge in [-0.1, -0.05) is 36.4 Å². The number of carbonyl (C=O) groups excluding carboxylic acids is 2. The number of ether oxygens (including phenoxy) is 1. The number of guanidine groups is 1. The van der Waals surface area contributed by atoms with Crippen LogP contribution in [-0.2, 0) is 32.6 Å². The molecule has 0 unspecified atom stereocenters. The number of nitrogens with zero attached hydrogens (tertiary/aromatic N) is 3. The van der Waals surface area contributed by atoms with E-state index in [1.165, 1.54) is 23.2 Å². The first kappa shape index (κ1) is 40.2. The first-order valence-corrected chi connectivity index (χ1v) is 19.3. The van der Waals surface area contributed by atoms with Crippen molar-refractivity contribution in [2.75, 3.05) is 11.4 Å². The van der Waals surface area contributed by atoms with Crippen LogP contribution in [0.15, 0.2) is 93.7 Å². The predicted octanol–water partition coefficient (Wildman–Crippen LogP) is 4.50. The summed E-state index contributed by atoms with van der Waals surface area (Å²) in [5, 5.41) is 12.2. The average Bonchev–Trinajstić information content (AvgIpc) is 3.13. The van der Waals surface area contributed by atoms with Gasteiger partial charge < -0.3 is 25.5 Å². The molecule has 1 aliphatic heterocycles. The molecule has 1 aromatic heterocycles. The van der Waals surface area contributed by atoms with Crippen molar-refractivity contribution in [3.8, 4) is 5.75 Å². The SMILES string of the molecule is Cc1c(C)c(S(=O)(=O)NC(N)=NCCC[C@H](NC(=O)c2cccn(CC(=O)N(c3ccccc3)c3ccccc3)c2=O)C(=O)O)c(C)c2c1OC(C)(C)CC2. The van der Waals surface area contributed by atoms with E-state index in [1.54, 1.807) is 62.4 Å². The van der Waals surface area contributed by atoms with Crippen LogP contribution >= 0.6 is 0 Å². The Kier molecular flexibility index (Phi) is 12.1. The molecule has 0 aliphatic carbocycles. The van der Waals surface area contributed by atoms with Gasteiger partial charge in [-0.15, -0.1) is 0 Å². The molecule has 1 aliphatic rings. The van der Waals surface area contributed by atoms with E-state index in [0.717, 1.165) is 22.1 Å². The monoisotopic (exact) mass is 770 g/mol. The first-order chi connectivity index (χ1) is 26.0. The van der Waals surface area contributed by atoms with E-state index in [9.17, 15) is 32.7 Å². The lowest BCUT2D eigenvalue weighted by Gasteiger charge is -2.35. The van der Waals surface area contributed by atoms with E-state index in [1.807, 2.05) is 32.9 Å². The Morgan fingerprint density at radius 1 is 0.964 bits per heavy atom. The summed E-state index contributed by atoms with van der Waals surface area (Å²) in [7, 11) is -4.14. The number of fused-ring (bicyclic) bond motifs is 1. The van der Waals surface area contributed by atoms with E-state index < -0.39 is 46.0 Å². The zero-order valence-corrected chi connectivity index (χ0v) is 32.3. The lowest BCUT2D eigenvalue weighted by atomic mass is 9.88. The largest absolute Gasteiger partial charge is 0.487 e. The van der Waals surface area contributed by atoms with Gasteiger partial charge in [0.25, 0.3) is 27.4 Å². The van der Waals surface area contributed by atoms with Crippen molar-refractivity contribution in [3.63, 3.8) is 0 Å². The molecule has 0 fully saturated rings. The van der Waals surface area contributed by atoms with Gasteiger partial charge in [-0.3, -0.25) is 24.3 Å². The van der Waals surface area contributed by atoms with Crippen LogP contribution in [0.4, 0.5) is 11.4 Å². The van der Waals surface area contributed by atoms with Crippen molar-refractivity contribution >= 4 is 45.1 Å². The summed E-state index contributed by atoms with van der Waals surface area (Å²) < 4.78 is 36.7. The maximum Gasteiger partial charge on any atom is 0.326 e. The molecule has 0 spiro atoms. The highest BCUT2D eigenvalue weighted by Gasteiger charge is 2.34. The van der Waals surface area contributed by atoms with Crippen molar-refractivity contribution in [1.82, 2.24) is 14.6 Å². The predicted molar refractivity (Wildman–Crippen MR) is 209 cm³/mol. The summed E-state index contributed by atoms with van der Waals surface area (Å²) in [5.74, 6) is -2.39. The van der Waals surface area contributed by atoms with Crippen molar-refractivity contribution in [2.24, 2.45) is 10.7 Å². The smallest absolute Gasteiger partial charge is 0.326 e. The number of aliphatic imine (C=N–C) groups is 1. The Morgan fingerprint density at radius 3 is 2.18 bits per heavy atom. The Hall–Kier alpha value is -5.96. The number of hydrogen-bond donors (Lipinski definition) is 4. The highest BCUT2D eigenvalue weighted by atomic mass is 32.2. The van der Waals surface area contributed by atoms with Gasteiger partial charge in [0, 0.05) is 24.1 Å². The summed E-state index contributed by atoms with van der Waals surface area (Å²) >= 11 is 0. The minimum atomic E-state index is -4.14. The summed E-state index contributed by atoms with van der Waals surface area (Å²) in [6.07, 6.45) is 2.76. The van der Waals surface area contributed by atoms with Gasteiger partial charge in [0.15, 0.2) is 0 Å². The van der Waals surface area contributed by atoms with E-state index in [2.05, 4.69) is 15.0 Å². The molecule has 2 heterocycles. The highest BCUT2D eigenvalue weighted by Crippen LogP contribution is 2.42. The first-order valence-electron chi connectivity index (χ1n) is 17.8. The number of sulfonamides is 1. The number of pyridine rings is 1. The molecule has 5 N–H and O–H groups in total. The topological polar surface area (TPSA) is 202 Å². The second-order valence-electron chi connectivity index (χ2n) is 14.0. The molecular formula is C40H46N6O8S. The maximum absolute atomic E-state index is 13.6. The van der Waals surface area contributed by atoms with Gasteiger partial charge in [-0.25, -0.2) is 17.9 Å². The summed E-state index contributed by atoms with van der Waals surface area (Å²) in [4.78, 5) is 58.0. The van der Waals surface area contributed by atoms with Crippen LogP contribution < -0.4 is 31.0 Å². The van der Waals surface area contributed by atoms with Gasteiger partial charge in [0.1, 0.15) is 29.5 Å². The fourth-order valence-corrected chi connectivity index (χ4v) is 8.13. The van der Waals surface area contributed by atoms with Gasteiger partial charge in [0.05, 0.1) is 4.90 Å². The molecule has 5 rings (SSSR count). The summed E-state index contributed by atoms with van der Waals surface area (Å²) in [6, 6.07) is 19.1. The summed E-state index contributed by atoms with van der Waals surface area (Å²) in [5.41, 5.74) is 8.33. The number of aromatic nitrogens is 1. The molecule has 2 amide bonds. The van der Waals surface area contributed by atoms with E-state index in [4.69, 9.17) is 10.5 Å². The number of anilines is 2. The van der Waals surface area contributed by atoms with Crippen LogP contribution in [0.5, 0.6) is 5.75 Å². The second-order valence-corrected chi connectivity index (χ2v) is 15.6. The molecule has 55 heavy (non-hydrogen) atoms. The average molecular weight is 771 g/mol. The number of nitrogens with one attached hydrogen (secondary N) is 2. The molecule has 0 saturated carbocycles. The third kappa shape index (κ3) is 9.23. The van der Waals surface area contributed by atoms with Crippen molar-refractivity contribution < 1.29 is 32.6 Å². The number of benzene rings is 3. The fraction of sp³-hybridized carbons (Fsp3) is 0.325. The molecular weight excluding hydrogens is 725 g/mol. The normalized spacial score (nSPS) is 14.2. The number of hydrogen-bond acceptors (Lipinski definition) is 8. The summed E-state index contributed by atoms with van der Waals surface area (Å²) in [6.45, 7) is 8.82. The molecule has 4 aromatic rings. The van der Waals surface area contributed by atoms with E-state index in [-0.39, 0.29) is 41.4 Å². The zero-order valence-electron chi connectivity index (χ0n) is 31.5. The Labute approximate surface area is 320 Å². The minimum Gasteiger partial charge on any atom is -0.487 e. The van der Waals surface area contributed by atoms with Crippen LogP contribution in [-0.4, -0.2) is 60.0 Å². The second kappa shape index (κ2) is 16.6. The zero-order chi connectivity index (χ0) is 40.1. The standard InChI is InChI=1S/C40H46N6O8S/c1-25-26(2)35(27(3)30-20-21-40(4,5)54-34(25)30)55(52,53)44-39(41)42-22-12-19-32(38(50)51)43-36(48)31-18-13-23-45(37(31)49)24-33(47)46(28-14-8-6-9-15-28)29-16-10-7-11-17-29/h6-11,13-18,23,32H,12,19-22,24H2,1-5H3,(H,43,48)(H,50,51)(H3,41,42,44)/t32-/m0/s1. The number of amides is 2. The van der Waals surface area contributed by atoms with Gasteiger partial charge >= 0.3 is 5.97 Å². The van der Waals surface area contributed by atoms with E-state index >= 15 is 0 Å². The van der Waals surface area contributed by atoms with E-state index in [0.29, 0.717) is 34.7 Å². The Bertz CT molecular complexity index is 2250. The molecule has 290 valence electrons. The number of carbonyl (C=O) groups is 3. The number of nitrogens with two attached hydrogens (primary N) is 1. The van der Waals surface area contributed by atoms with Crippen LogP contribution in [0, 0.1) is 20.8 Å². The third-order valence-electron chi connectivity index (χ3n) is 9.56. The van der Waals surface area contributed by atoms with Crippen LogP contribution in [0.3, 0.4) is 0 Å². The van der Waals surface area contributed by atoms with Crippen molar-refractivity contribution in [2.45, 2.75) is 83.4 Å². The number of para-hydroxylation sites is 2. The number of rotatable bonds is 13. The Balaban J connectivity index is 1.22. The molecule has 0 saturated heterocycles. The Morgan fingerprint density at radius 2 is 1.58 bits per heavy atom. The van der Waals surface area contributed by atoms with Crippen LogP contribution in [0.2, 0.25) is 0 Å². The molecule has 0 radical (unpaired) electrons. The number of carboxylic acids is 1. The third-order valence-corrected chi connectivity index (χ3v) is 11.2. The van der Waals surface area contributed by atoms with Gasteiger partial charge in [-0.05, 0) is 119 Å². The quantitative estimate of drug-likeness (QED) is 0.0858. The van der Waals surface area contributed by atoms with Crippen molar-refractivity contribution in [1.29, 1.82) is 0 Å². The number of carboxylic acid groups (broad SMARTS) is 1. The molecule has 1 atom stereocenters. The van der Waals surface area contributed by atoms with Crippen LogP contribution in [0.25, 0.3) is 0 Å². The van der Waals surface area contributed by atoms with Crippen molar-refractivity contribution in [3.05, 3.63) is 117 Å².